The molecule has 3 aromatic carbocycles. The van der Waals surface area contributed by atoms with Gasteiger partial charge in [-0.1, -0.05) is 107 Å². The molecular weight excluding hydrogens is 1960 g/mol. The number of nitrogens with one attached hydrogen (secondary N) is 2. The minimum Gasteiger partial charge on any atom is -0.331 e. The fourth-order valence-corrected chi connectivity index (χ4v) is 18.7. The number of amides is 5. The first-order chi connectivity index (χ1) is 67.3. The third-order valence-corrected chi connectivity index (χ3v) is 27.0. The van der Waals surface area contributed by atoms with E-state index in [1.54, 1.807) is 92.8 Å². The van der Waals surface area contributed by atoms with Crippen LogP contribution in [-0.2, 0) is 74.1 Å². The number of halogens is 3. The predicted octanol–water partition coefficient (Wildman–Crippen LogP) is 21.5. The second-order valence-electron chi connectivity index (χ2n) is 36.4. The molecule has 12 aromatic rings. The number of rotatable bonds is 28. The first-order valence-electron chi connectivity index (χ1n) is 48.6. The summed E-state index contributed by atoms with van der Waals surface area (Å²) in [4.78, 5) is 166. The van der Waals surface area contributed by atoms with Gasteiger partial charge in [0.15, 0.2) is 23.1 Å². The number of nitrogens with zero attached hydrogens (tertiary/aromatic N) is 18. The van der Waals surface area contributed by atoms with Crippen LogP contribution in [0.3, 0.4) is 0 Å². The summed E-state index contributed by atoms with van der Waals surface area (Å²) in [5, 5.41) is 22.1. The number of hydrogen-bond donors (Lipinski definition) is 2. The molecule has 3 atom stereocenters. The number of carbonyl (C=O) groups is 9. The van der Waals surface area contributed by atoms with Gasteiger partial charge in [-0.25, -0.2) is 44.9 Å². The van der Waals surface area contributed by atoms with Gasteiger partial charge in [0.05, 0.1) is 34.7 Å². The van der Waals surface area contributed by atoms with Crippen LogP contribution in [0.4, 0.5) is 11.6 Å². The molecule has 0 saturated carbocycles. The number of fused-ring (bicyclic) bond motifs is 1. The largest absolute Gasteiger partial charge is 0.331 e. The third kappa shape index (κ3) is 28.2. The molecule has 0 radical (unpaired) electrons. The lowest BCUT2D eigenvalue weighted by molar-refractivity contribution is -0.139. The average Bonchev–Trinajstić information content (AvgIpc) is 1.61. The topological polar surface area (TPSA) is 357 Å². The van der Waals surface area contributed by atoms with E-state index >= 15 is 0 Å². The van der Waals surface area contributed by atoms with Crippen molar-refractivity contribution in [2.45, 2.75) is 275 Å². The highest BCUT2D eigenvalue weighted by Gasteiger charge is 2.34. The minimum atomic E-state index is -0.776. The number of pyridine rings is 3. The number of unbranched alkanes of at least 4 members (excludes halogenated alkanes) is 4. The highest BCUT2D eigenvalue weighted by atomic mass is 79.9. The number of allylic oxidation sites excluding steroid dienone is 2. The Hall–Kier alpha value is -12.6. The lowest BCUT2D eigenvalue weighted by atomic mass is 9.96. The van der Waals surface area contributed by atoms with Crippen molar-refractivity contribution in [3.8, 4) is 33.4 Å². The molecule has 5 amide bonds. The summed E-state index contributed by atoms with van der Waals surface area (Å²) >= 11 is 10.1. The standard InChI is InChI=1S/C38H45BrN6O3.C35H42BrN7O3.C35H40BrN7O3/c1-7-9-11-12-13-14-15-29-19-30(31-22-40-28(6)41-23-31)20-32-37(27(5)46)43-45(38(29)32)24-36(48)44(18-10-8-2)26(4)34(47)21-33-25(3)16-17-35(39)42-33;2*1-22-14-15-30(36)39-34(22)40-35(46)23(2)42-16-12-10-8-6-5-7-9-11-13-26-17-27(28-19-37-25(4)38-20-28)18-29-32(24(3)44)41-43(33(26)29)21-31(42)45/h7-8,16-17,19-20,22-23,26H,1-2,9-15,18,21,24H2,3-6H3;14-15,17-20,23H,5-13,16,21H2,1-4H3,(H,39,40,46);8,10,14-15,17-20,23H,5-7,9,11-13,16,21H2,1-4H3,(H,39,40,46)/b;;10-8-. The van der Waals surface area contributed by atoms with Gasteiger partial charge in [0.2, 0.25) is 29.5 Å². The SMILES string of the molecule is C=CCCCCCCc1cc(-c2cnc(C)nc2)cc2c(C(C)=O)nn(CC(=O)N(CCC=C)C(C)C(=O)Cc3nc(Br)ccc3C)c12.CC(=O)c1nn2c3c(cc(-c4cnc(C)nc4)cc13)CCCCCC/C=C\CCN(C(C)C(=O)Nc1nc(Br)ccc1C)C(=O)C2.CC(=O)c1nn2c3c(cc(-c4cnc(C)nc4)cc13)CCCCCCCCCCN(C(C)C(=O)Nc1nc(Br)ccc1C)C(=O)C2. The number of ketones is 4. The van der Waals surface area contributed by atoms with Crippen molar-refractivity contribution in [1.29, 1.82) is 0 Å². The second-order valence-corrected chi connectivity index (χ2v) is 38.8. The van der Waals surface area contributed by atoms with Gasteiger partial charge in [-0.3, -0.25) is 57.2 Å². The molecular formula is C108H127Br3N20O9. The van der Waals surface area contributed by atoms with Crippen LogP contribution in [0.5, 0.6) is 0 Å². The van der Waals surface area contributed by atoms with Gasteiger partial charge in [-0.15, -0.1) is 13.2 Å². The Balaban J connectivity index is 0.000000188. The van der Waals surface area contributed by atoms with Crippen LogP contribution in [0.1, 0.15) is 258 Å². The molecule has 3 unspecified atom stereocenters. The average molecular weight is 2090 g/mol. The lowest BCUT2D eigenvalue weighted by Gasteiger charge is -2.29. The molecule has 29 nitrogen and oxygen atoms in total. The van der Waals surface area contributed by atoms with E-state index in [4.69, 9.17) is 15.3 Å². The highest BCUT2D eigenvalue weighted by Crippen LogP contribution is 2.37. The molecule has 32 heteroatoms. The summed E-state index contributed by atoms with van der Waals surface area (Å²) in [5.41, 5.74) is 14.8. The van der Waals surface area contributed by atoms with Crippen molar-refractivity contribution in [2.75, 3.05) is 30.3 Å². The van der Waals surface area contributed by atoms with Crippen molar-refractivity contribution in [2.24, 2.45) is 0 Å². The van der Waals surface area contributed by atoms with Crippen molar-refractivity contribution < 1.29 is 43.2 Å². The van der Waals surface area contributed by atoms with Crippen molar-refractivity contribution in [3.63, 3.8) is 0 Å². The zero-order chi connectivity index (χ0) is 100. The molecule has 140 heavy (non-hydrogen) atoms. The van der Waals surface area contributed by atoms with Gasteiger partial charge >= 0.3 is 0 Å². The monoisotopic (exact) mass is 2080 g/mol. The molecule has 2 aliphatic heterocycles. The maximum atomic E-state index is 14.1. The molecule has 11 heterocycles. The van der Waals surface area contributed by atoms with Crippen LogP contribution in [0.2, 0.25) is 0 Å². The van der Waals surface area contributed by atoms with Crippen LogP contribution >= 0.6 is 47.8 Å². The molecule has 2 N–H and O–H groups in total. The Morgan fingerprint density at radius 3 is 1.35 bits per heavy atom. The summed E-state index contributed by atoms with van der Waals surface area (Å²) in [7, 11) is 0. The number of hydrogen-bond acceptors (Lipinski definition) is 21. The first-order valence-corrected chi connectivity index (χ1v) is 50.9. The fourth-order valence-electron chi connectivity index (χ4n) is 17.7. The number of anilines is 2. The highest BCUT2D eigenvalue weighted by molar-refractivity contribution is 9.11. The molecule has 9 aromatic heterocycles. The van der Waals surface area contributed by atoms with Crippen LogP contribution in [0.25, 0.3) is 66.1 Å². The van der Waals surface area contributed by atoms with Gasteiger partial charge in [0.25, 0.3) is 0 Å². The quantitative estimate of drug-likeness (QED) is 0.0199. The van der Waals surface area contributed by atoms with E-state index in [9.17, 15) is 43.2 Å². The van der Waals surface area contributed by atoms with E-state index in [2.05, 4.69) is 147 Å². The fraction of sp³-hybridized carbons (Fsp3) is 0.417. The van der Waals surface area contributed by atoms with Crippen LogP contribution in [-0.4, -0.2) is 179 Å². The number of aryl methyl sites for hydroxylation is 9. The number of Topliss-reactive ketones (excluding diaryl/α,β-unsaturated/α-hetero) is 4. The normalized spacial score (nSPS) is 14.6. The first kappa shape index (κ1) is 106. The Bertz CT molecular complexity index is 6490. The molecule has 0 spiro atoms. The van der Waals surface area contributed by atoms with E-state index in [-0.39, 0.29) is 78.7 Å². The molecule has 0 fully saturated rings. The maximum Gasteiger partial charge on any atom is 0.248 e. The van der Waals surface area contributed by atoms with E-state index in [0.717, 1.165) is 212 Å². The van der Waals surface area contributed by atoms with E-state index < -0.39 is 18.1 Å². The molecule has 0 aliphatic carbocycles. The molecule has 14 rings (SSSR count). The summed E-state index contributed by atoms with van der Waals surface area (Å²) in [5.74, 6) is 0.882. The van der Waals surface area contributed by atoms with Crippen molar-refractivity contribution in [1.82, 2.24) is 88.9 Å². The molecule has 0 saturated heterocycles. The zero-order valence-corrected chi connectivity index (χ0v) is 87.2. The Labute approximate surface area is 844 Å². The maximum absolute atomic E-state index is 14.1. The van der Waals surface area contributed by atoms with Crippen molar-refractivity contribution >= 4 is 145 Å². The Morgan fingerprint density at radius 2 is 0.871 bits per heavy atom. The van der Waals surface area contributed by atoms with E-state index in [1.807, 2.05) is 102 Å². The van der Waals surface area contributed by atoms with Crippen LogP contribution in [0, 0.1) is 41.5 Å². The smallest absolute Gasteiger partial charge is 0.248 e. The second kappa shape index (κ2) is 51.0. The minimum absolute atomic E-state index is 0.0877. The predicted molar refractivity (Wildman–Crippen MR) is 559 cm³/mol. The Kier molecular flexibility index (Phi) is 38.8. The number of carbonyl (C=O) groups excluding carboxylic acids is 9. The van der Waals surface area contributed by atoms with Crippen molar-refractivity contribution in [3.05, 3.63) is 235 Å². The lowest BCUT2D eigenvalue weighted by Crippen LogP contribution is -2.47. The van der Waals surface area contributed by atoms with Crippen LogP contribution < -0.4 is 10.6 Å². The zero-order valence-electron chi connectivity index (χ0n) is 82.4. The summed E-state index contributed by atoms with van der Waals surface area (Å²) in [6.45, 7) is 29.4. The third-order valence-electron chi connectivity index (χ3n) is 25.7. The van der Waals surface area contributed by atoms with Gasteiger partial charge in [0, 0.05) is 110 Å². The van der Waals surface area contributed by atoms with Gasteiger partial charge in [-0.05, 0) is 298 Å². The molecule has 2 aliphatic rings. The van der Waals surface area contributed by atoms with E-state index in [0.29, 0.717) is 114 Å². The molecule has 734 valence electrons. The van der Waals surface area contributed by atoms with E-state index in [1.165, 1.54) is 27.2 Å². The summed E-state index contributed by atoms with van der Waals surface area (Å²) in [6, 6.07) is 21.1. The van der Waals surface area contributed by atoms with Gasteiger partial charge < -0.3 is 25.3 Å². The summed E-state index contributed by atoms with van der Waals surface area (Å²) in [6.07, 6.45) is 41.0. The number of benzene rings is 3. The number of aromatic nitrogens is 15. The van der Waals surface area contributed by atoms with Gasteiger partial charge in [-0.2, -0.15) is 15.3 Å². The molecule has 0 bridgehead atoms. The van der Waals surface area contributed by atoms with Gasteiger partial charge in [0.1, 0.15) is 91.7 Å². The Morgan fingerprint density at radius 1 is 0.457 bits per heavy atom. The van der Waals surface area contributed by atoms with Crippen LogP contribution in [0.15, 0.2) is 161 Å². The summed E-state index contributed by atoms with van der Waals surface area (Å²) < 4.78 is 6.84.